The van der Waals surface area contributed by atoms with E-state index < -0.39 is 28.4 Å². The van der Waals surface area contributed by atoms with Crippen LogP contribution >= 0.6 is 0 Å². The molecule has 0 saturated carbocycles. The van der Waals surface area contributed by atoms with Gasteiger partial charge >= 0.3 is 0 Å². The maximum atomic E-state index is 12.9. The van der Waals surface area contributed by atoms with Crippen molar-refractivity contribution in [3.8, 4) is 6.07 Å². The first-order chi connectivity index (χ1) is 8.45. The lowest BCUT2D eigenvalue weighted by Gasteiger charge is -2.10. The van der Waals surface area contributed by atoms with Gasteiger partial charge in [0.25, 0.3) is 11.6 Å². The second-order valence-corrected chi connectivity index (χ2v) is 3.66. The standard InChI is InChI=1S/C11H10FN3O3/c1-7(4-5-13)14-11(16)9-3-2-8(12)6-10(9)15(17)18/h2-3,6-7H,4H2,1H3,(H,14,16). The minimum atomic E-state index is -0.826. The summed E-state index contributed by atoms with van der Waals surface area (Å²) >= 11 is 0. The monoisotopic (exact) mass is 251 g/mol. The maximum Gasteiger partial charge on any atom is 0.285 e. The summed E-state index contributed by atoms with van der Waals surface area (Å²) in [6.45, 7) is 1.59. The van der Waals surface area contributed by atoms with Crippen LogP contribution in [0.15, 0.2) is 18.2 Å². The first-order valence-corrected chi connectivity index (χ1v) is 5.07. The molecule has 6 nitrogen and oxygen atoms in total. The summed E-state index contributed by atoms with van der Waals surface area (Å²) in [6, 6.07) is 4.12. The number of benzene rings is 1. The highest BCUT2D eigenvalue weighted by molar-refractivity contribution is 5.98. The van der Waals surface area contributed by atoms with Gasteiger partial charge in [0.15, 0.2) is 0 Å². The summed E-state index contributed by atoms with van der Waals surface area (Å²) in [5.41, 5.74) is -0.831. The van der Waals surface area contributed by atoms with Crippen molar-refractivity contribution in [1.82, 2.24) is 5.32 Å². The van der Waals surface area contributed by atoms with Crippen LogP contribution in [-0.4, -0.2) is 16.9 Å². The molecule has 0 aromatic heterocycles. The molecule has 0 spiro atoms. The van der Waals surface area contributed by atoms with E-state index in [1.54, 1.807) is 6.92 Å². The fourth-order valence-corrected chi connectivity index (χ4v) is 1.34. The minimum Gasteiger partial charge on any atom is -0.348 e. The zero-order valence-corrected chi connectivity index (χ0v) is 9.51. The summed E-state index contributed by atoms with van der Waals surface area (Å²) in [4.78, 5) is 21.6. The van der Waals surface area contributed by atoms with Crippen LogP contribution < -0.4 is 5.32 Å². The van der Waals surface area contributed by atoms with Gasteiger partial charge in [0.05, 0.1) is 23.5 Å². The van der Waals surface area contributed by atoms with Crippen LogP contribution in [0.5, 0.6) is 0 Å². The van der Waals surface area contributed by atoms with Gasteiger partial charge in [-0.25, -0.2) is 4.39 Å². The largest absolute Gasteiger partial charge is 0.348 e. The van der Waals surface area contributed by atoms with E-state index in [0.29, 0.717) is 6.07 Å². The Morgan fingerprint density at radius 1 is 1.67 bits per heavy atom. The third kappa shape index (κ3) is 3.25. The average molecular weight is 251 g/mol. The van der Waals surface area contributed by atoms with Gasteiger partial charge in [-0.2, -0.15) is 5.26 Å². The highest BCUT2D eigenvalue weighted by atomic mass is 19.1. The van der Waals surface area contributed by atoms with Crippen LogP contribution in [-0.2, 0) is 0 Å². The van der Waals surface area contributed by atoms with E-state index in [0.717, 1.165) is 12.1 Å². The van der Waals surface area contributed by atoms with E-state index in [1.807, 2.05) is 6.07 Å². The molecule has 1 atom stereocenters. The topological polar surface area (TPSA) is 96.0 Å². The number of carbonyl (C=O) groups excluding carboxylic acids is 1. The number of nitro groups is 1. The highest BCUT2D eigenvalue weighted by Crippen LogP contribution is 2.19. The van der Waals surface area contributed by atoms with E-state index >= 15 is 0 Å². The number of nitrogens with one attached hydrogen (secondary N) is 1. The number of rotatable bonds is 4. The molecule has 7 heteroatoms. The second kappa shape index (κ2) is 5.72. The number of hydrogen-bond acceptors (Lipinski definition) is 4. The molecule has 0 heterocycles. The molecule has 94 valence electrons. The van der Waals surface area contributed by atoms with Crippen LogP contribution in [0.3, 0.4) is 0 Å². The van der Waals surface area contributed by atoms with Gasteiger partial charge in [0.1, 0.15) is 11.4 Å². The first-order valence-electron chi connectivity index (χ1n) is 5.07. The molecule has 0 radical (unpaired) electrons. The van der Waals surface area contributed by atoms with Crippen molar-refractivity contribution in [2.45, 2.75) is 19.4 Å². The Balaban J connectivity index is 2.99. The highest BCUT2D eigenvalue weighted by Gasteiger charge is 2.21. The van der Waals surface area contributed by atoms with Gasteiger partial charge in [-0.1, -0.05) is 0 Å². The number of nitro benzene ring substituents is 1. The van der Waals surface area contributed by atoms with Gasteiger partial charge in [-0.05, 0) is 19.1 Å². The number of hydrogen-bond donors (Lipinski definition) is 1. The molecule has 1 aromatic rings. The molecule has 0 bridgehead atoms. The predicted octanol–water partition coefficient (Wildman–Crippen LogP) is 1.77. The zero-order chi connectivity index (χ0) is 13.7. The predicted molar refractivity (Wildman–Crippen MR) is 60.2 cm³/mol. The van der Waals surface area contributed by atoms with E-state index in [1.165, 1.54) is 0 Å². The lowest BCUT2D eigenvalue weighted by Crippen LogP contribution is -2.32. The maximum absolute atomic E-state index is 12.9. The molecule has 1 rings (SSSR count). The first kappa shape index (κ1) is 13.6. The minimum absolute atomic E-state index is 0.0841. The van der Waals surface area contributed by atoms with Gasteiger partial charge in [0.2, 0.25) is 0 Å². The Kier molecular flexibility index (Phi) is 4.32. The number of nitrogens with zero attached hydrogens (tertiary/aromatic N) is 2. The number of nitriles is 1. The van der Waals surface area contributed by atoms with Crippen LogP contribution in [0, 0.1) is 27.3 Å². The quantitative estimate of drug-likeness (QED) is 0.651. The summed E-state index contributed by atoms with van der Waals surface area (Å²) < 4.78 is 12.9. The number of amides is 1. The lowest BCUT2D eigenvalue weighted by atomic mass is 10.1. The van der Waals surface area contributed by atoms with Crippen LogP contribution in [0.1, 0.15) is 23.7 Å². The molecule has 0 aliphatic carbocycles. The van der Waals surface area contributed by atoms with Crippen molar-refractivity contribution in [3.05, 3.63) is 39.7 Å². The fourth-order valence-electron chi connectivity index (χ4n) is 1.34. The fraction of sp³-hybridized carbons (Fsp3) is 0.273. The Hall–Kier alpha value is -2.49. The third-order valence-corrected chi connectivity index (χ3v) is 2.18. The van der Waals surface area contributed by atoms with Crippen LogP contribution in [0.4, 0.5) is 10.1 Å². The van der Waals surface area contributed by atoms with Crippen molar-refractivity contribution in [3.63, 3.8) is 0 Å². The average Bonchev–Trinajstić information content (AvgIpc) is 2.28. The van der Waals surface area contributed by atoms with E-state index in [4.69, 9.17) is 5.26 Å². The Bertz CT molecular complexity index is 525. The smallest absolute Gasteiger partial charge is 0.285 e. The van der Waals surface area contributed by atoms with E-state index in [9.17, 15) is 19.3 Å². The summed E-state index contributed by atoms with van der Waals surface area (Å²) in [7, 11) is 0. The van der Waals surface area contributed by atoms with Crippen molar-refractivity contribution in [1.29, 1.82) is 5.26 Å². The molecule has 0 aliphatic rings. The molecule has 0 saturated heterocycles. The summed E-state index contributed by atoms with van der Waals surface area (Å²) in [5, 5.41) is 21.6. The molecule has 1 N–H and O–H groups in total. The molecule has 1 amide bonds. The van der Waals surface area contributed by atoms with Gasteiger partial charge in [0, 0.05) is 6.04 Å². The Labute approximate surface area is 102 Å². The Morgan fingerprint density at radius 3 is 2.89 bits per heavy atom. The third-order valence-electron chi connectivity index (χ3n) is 2.18. The Morgan fingerprint density at radius 2 is 2.33 bits per heavy atom. The van der Waals surface area contributed by atoms with E-state index in [-0.39, 0.29) is 12.0 Å². The molecule has 18 heavy (non-hydrogen) atoms. The lowest BCUT2D eigenvalue weighted by molar-refractivity contribution is -0.385. The van der Waals surface area contributed by atoms with Crippen molar-refractivity contribution in [2.75, 3.05) is 0 Å². The molecule has 1 unspecified atom stereocenters. The molecule has 0 aliphatic heterocycles. The van der Waals surface area contributed by atoms with Crippen LogP contribution in [0.2, 0.25) is 0 Å². The second-order valence-electron chi connectivity index (χ2n) is 3.66. The molecular formula is C11H10FN3O3. The molecular weight excluding hydrogens is 241 g/mol. The molecule has 1 aromatic carbocycles. The molecule has 0 fully saturated rings. The van der Waals surface area contributed by atoms with Crippen molar-refractivity contribution < 1.29 is 14.1 Å². The normalized spacial score (nSPS) is 11.4. The van der Waals surface area contributed by atoms with Crippen molar-refractivity contribution in [2.24, 2.45) is 0 Å². The van der Waals surface area contributed by atoms with Crippen LogP contribution in [0.25, 0.3) is 0 Å². The summed E-state index contributed by atoms with van der Waals surface area (Å²) in [5.74, 6) is -1.49. The van der Waals surface area contributed by atoms with E-state index in [2.05, 4.69) is 5.32 Å². The van der Waals surface area contributed by atoms with Gasteiger partial charge < -0.3 is 5.32 Å². The SMILES string of the molecule is CC(CC#N)NC(=O)c1ccc(F)cc1[N+](=O)[O-]. The zero-order valence-electron chi connectivity index (χ0n) is 9.51. The van der Waals surface area contributed by atoms with Gasteiger partial charge in [-0.3, -0.25) is 14.9 Å². The summed E-state index contributed by atoms with van der Waals surface area (Å²) in [6.07, 6.45) is 0.0841. The van der Waals surface area contributed by atoms with Gasteiger partial charge in [-0.15, -0.1) is 0 Å². The van der Waals surface area contributed by atoms with Crippen molar-refractivity contribution >= 4 is 11.6 Å². The number of halogens is 1. The number of carbonyl (C=O) groups is 1.